The smallest absolute Gasteiger partial charge is 0.337 e. The third kappa shape index (κ3) is 5.53. The molecule has 169 valence electrons. The number of benzene rings is 1. The van der Waals surface area contributed by atoms with Crippen molar-refractivity contribution in [3.8, 4) is 0 Å². The van der Waals surface area contributed by atoms with Gasteiger partial charge in [0.2, 0.25) is 0 Å². The number of halogens is 3. The van der Waals surface area contributed by atoms with Gasteiger partial charge in [0.25, 0.3) is 0 Å². The van der Waals surface area contributed by atoms with Gasteiger partial charge in [-0.25, -0.2) is 13.2 Å². The fourth-order valence-electron chi connectivity index (χ4n) is 6.30. The monoisotopic (exact) mass is 434 g/mol. The van der Waals surface area contributed by atoms with Crippen molar-refractivity contribution in [2.24, 2.45) is 28.8 Å². The van der Waals surface area contributed by atoms with E-state index in [-0.39, 0.29) is 5.92 Å². The van der Waals surface area contributed by atoms with Crippen molar-refractivity contribution < 1.29 is 17.9 Å². The summed E-state index contributed by atoms with van der Waals surface area (Å²) in [6.45, 7) is 0.741. The Hall–Kier alpha value is -1.37. The lowest BCUT2D eigenvalue weighted by Crippen LogP contribution is -2.35. The van der Waals surface area contributed by atoms with Crippen LogP contribution in [0.4, 0.5) is 13.2 Å². The van der Waals surface area contributed by atoms with Gasteiger partial charge in [-0.1, -0.05) is 0 Å². The summed E-state index contributed by atoms with van der Waals surface area (Å²) in [6.07, 6.45) is 12.2. The third-order valence-electron chi connectivity index (χ3n) is 8.18. The average Bonchev–Trinajstić information content (AvgIpc) is 2.81. The molecule has 31 heavy (non-hydrogen) atoms. The molecule has 3 aliphatic rings. The third-order valence-corrected chi connectivity index (χ3v) is 8.18. The zero-order valence-corrected chi connectivity index (χ0v) is 18.1. The summed E-state index contributed by atoms with van der Waals surface area (Å²) in [7, 11) is 1.46. The summed E-state index contributed by atoms with van der Waals surface area (Å²) in [4.78, 5) is 10.3. The van der Waals surface area contributed by atoms with Crippen molar-refractivity contribution in [1.29, 1.82) is 0 Å². The number of ether oxygens (including phenoxy) is 1. The molecule has 1 heterocycles. The van der Waals surface area contributed by atoms with E-state index in [1.807, 2.05) is 0 Å². The van der Waals surface area contributed by atoms with E-state index in [4.69, 9.17) is 4.74 Å². The maximum Gasteiger partial charge on any atom is 0.337 e. The van der Waals surface area contributed by atoms with Crippen LogP contribution in [0.2, 0.25) is 6.32 Å². The minimum absolute atomic E-state index is 0.132. The molecule has 2 atom stereocenters. The maximum atomic E-state index is 13.6. The number of nitroso groups, excluding NO2 is 1. The van der Waals surface area contributed by atoms with E-state index in [1.54, 1.807) is 0 Å². The molecule has 2 saturated carbocycles. The van der Waals surface area contributed by atoms with Gasteiger partial charge in [-0.3, -0.25) is 0 Å². The normalized spacial score (nSPS) is 34.3. The second-order valence-electron chi connectivity index (χ2n) is 9.92. The molecule has 1 aromatic rings. The van der Waals surface area contributed by atoms with Gasteiger partial charge in [0.15, 0.2) is 17.5 Å². The first-order valence-corrected chi connectivity index (χ1v) is 11.9. The SMILES string of the molecule is O=N[B]CC1CCC(C2CCC(C3CCC(c4cc(F)c(F)c(F)c4)CC3)CC2)OC1. The highest BCUT2D eigenvalue weighted by Crippen LogP contribution is 2.45. The van der Waals surface area contributed by atoms with Crippen molar-refractivity contribution in [2.45, 2.75) is 82.6 Å². The highest BCUT2D eigenvalue weighted by molar-refractivity contribution is 6.32. The molecule has 0 amide bonds. The largest absolute Gasteiger partial charge is 0.378 e. The van der Waals surface area contributed by atoms with Gasteiger partial charge < -0.3 is 4.74 Å². The molecule has 0 bridgehead atoms. The standard InChI is InChI=1S/C24H32BF3NO2/c26-21-11-20(12-22(27)24(21)28)18-4-2-16(3-5-18)17-6-8-19(9-7-17)23-10-1-15(14-31-23)13-25-29-30/h11-12,15-19,23H,1-10,13-14H2. The van der Waals surface area contributed by atoms with Crippen LogP contribution in [0.5, 0.6) is 0 Å². The Balaban J connectivity index is 1.21. The minimum Gasteiger partial charge on any atom is -0.378 e. The van der Waals surface area contributed by atoms with Gasteiger partial charge in [-0.05, 0) is 118 Å². The molecular weight excluding hydrogens is 402 g/mol. The Bertz CT molecular complexity index is 717. The topological polar surface area (TPSA) is 38.7 Å². The molecule has 2 unspecified atom stereocenters. The maximum absolute atomic E-state index is 13.6. The fraction of sp³-hybridized carbons (Fsp3) is 0.750. The molecular formula is C24H32BF3NO2. The van der Waals surface area contributed by atoms with Gasteiger partial charge in [-0.15, -0.1) is 5.09 Å². The van der Waals surface area contributed by atoms with Gasteiger partial charge in [0, 0.05) is 6.61 Å². The number of nitrogens with zero attached hydrogens (tertiary/aromatic N) is 1. The van der Waals surface area contributed by atoms with Crippen molar-refractivity contribution >= 4 is 7.41 Å². The molecule has 0 spiro atoms. The summed E-state index contributed by atoms with van der Waals surface area (Å²) in [5.74, 6) is -0.889. The Morgan fingerprint density at radius 3 is 1.97 bits per heavy atom. The predicted molar refractivity (Wildman–Crippen MR) is 115 cm³/mol. The van der Waals surface area contributed by atoms with E-state index in [2.05, 4.69) is 5.09 Å². The van der Waals surface area contributed by atoms with E-state index in [9.17, 15) is 18.1 Å². The first kappa shape index (κ1) is 22.8. The second kappa shape index (κ2) is 10.5. The molecule has 1 aliphatic heterocycles. The second-order valence-corrected chi connectivity index (χ2v) is 9.92. The molecule has 0 aromatic heterocycles. The zero-order valence-electron chi connectivity index (χ0n) is 18.1. The summed E-state index contributed by atoms with van der Waals surface area (Å²) < 4.78 is 46.6. The minimum atomic E-state index is -1.37. The highest BCUT2D eigenvalue weighted by Gasteiger charge is 2.35. The van der Waals surface area contributed by atoms with Crippen molar-refractivity contribution in [3.63, 3.8) is 0 Å². The Morgan fingerprint density at radius 1 is 0.839 bits per heavy atom. The molecule has 2 aliphatic carbocycles. The Kier molecular flexibility index (Phi) is 7.73. The van der Waals surface area contributed by atoms with Gasteiger partial charge >= 0.3 is 7.41 Å². The summed E-state index contributed by atoms with van der Waals surface area (Å²) in [5.41, 5.74) is 0.604. The van der Waals surface area contributed by atoms with Gasteiger partial charge in [-0.2, -0.15) is 4.91 Å². The average molecular weight is 434 g/mol. The van der Waals surface area contributed by atoms with Crippen LogP contribution in [-0.4, -0.2) is 20.1 Å². The summed E-state index contributed by atoms with van der Waals surface area (Å²) in [6, 6.07) is 2.35. The first-order valence-electron chi connectivity index (χ1n) is 11.9. The van der Waals surface area contributed by atoms with Crippen LogP contribution >= 0.6 is 0 Å². The lowest BCUT2D eigenvalue weighted by molar-refractivity contribution is -0.0567. The number of hydrogen-bond acceptors (Lipinski definition) is 3. The predicted octanol–water partition coefficient (Wildman–Crippen LogP) is 6.78. The molecule has 7 heteroatoms. The van der Waals surface area contributed by atoms with E-state index in [0.717, 1.165) is 57.4 Å². The van der Waals surface area contributed by atoms with Gasteiger partial charge in [0.05, 0.1) is 6.10 Å². The highest BCUT2D eigenvalue weighted by atomic mass is 19.2. The Labute approximate surface area is 183 Å². The van der Waals surface area contributed by atoms with Crippen LogP contribution < -0.4 is 0 Å². The van der Waals surface area contributed by atoms with E-state index >= 15 is 0 Å². The lowest BCUT2D eigenvalue weighted by Gasteiger charge is -2.41. The summed E-state index contributed by atoms with van der Waals surface area (Å²) in [5, 5.41) is 2.85. The van der Waals surface area contributed by atoms with Crippen LogP contribution in [0.25, 0.3) is 0 Å². The van der Waals surface area contributed by atoms with Crippen LogP contribution in [0.1, 0.15) is 75.7 Å². The van der Waals surface area contributed by atoms with E-state index < -0.39 is 17.5 Å². The van der Waals surface area contributed by atoms with Crippen LogP contribution in [-0.2, 0) is 4.74 Å². The molecule has 1 aromatic carbocycles. The quantitative estimate of drug-likeness (QED) is 0.281. The lowest BCUT2D eigenvalue weighted by atomic mass is 9.67. The van der Waals surface area contributed by atoms with Crippen LogP contribution in [0.15, 0.2) is 17.2 Å². The molecule has 1 saturated heterocycles. The molecule has 4 rings (SSSR count). The zero-order chi connectivity index (χ0) is 21.8. The van der Waals surface area contributed by atoms with Gasteiger partial charge in [0.1, 0.15) is 0 Å². The van der Waals surface area contributed by atoms with Crippen LogP contribution in [0, 0.1) is 46.0 Å². The van der Waals surface area contributed by atoms with Crippen LogP contribution in [0.3, 0.4) is 0 Å². The van der Waals surface area contributed by atoms with Crippen molar-refractivity contribution in [3.05, 3.63) is 40.1 Å². The van der Waals surface area contributed by atoms with E-state index in [1.165, 1.54) is 45.2 Å². The van der Waals surface area contributed by atoms with E-state index in [0.29, 0.717) is 29.4 Å². The number of rotatable bonds is 6. The fourth-order valence-corrected chi connectivity index (χ4v) is 6.30. The molecule has 3 nitrogen and oxygen atoms in total. The molecule has 0 N–H and O–H groups in total. The molecule has 1 radical (unpaired) electrons. The number of hydrogen-bond donors (Lipinski definition) is 0. The van der Waals surface area contributed by atoms with Crippen molar-refractivity contribution in [1.82, 2.24) is 0 Å². The first-order chi connectivity index (χ1) is 15.0. The summed E-state index contributed by atoms with van der Waals surface area (Å²) >= 11 is 0. The molecule has 3 fully saturated rings. The Morgan fingerprint density at radius 2 is 1.42 bits per heavy atom. The van der Waals surface area contributed by atoms with Crippen molar-refractivity contribution in [2.75, 3.05) is 6.61 Å².